The van der Waals surface area contributed by atoms with E-state index in [1.165, 1.54) is 14.5 Å². The van der Waals surface area contributed by atoms with E-state index in [0.717, 1.165) is 32.8 Å². The molecule has 0 radical (unpaired) electrons. The fraction of sp³-hybridized carbons (Fsp3) is 0.455. The second kappa shape index (κ2) is 5.43. The van der Waals surface area contributed by atoms with Crippen LogP contribution in [0.3, 0.4) is 0 Å². The first-order valence-electron chi connectivity index (χ1n) is 5.00. The first-order chi connectivity index (χ1) is 7.27. The Morgan fingerprint density at radius 3 is 2.33 bits per heavy atom. The topological polar surface area (TPSA) is 12.5 Å². The molecule has 82 valence electrons. The predicted molar refractivity (Wildman–Crippen MR) is 67.9 cm³/mol. The quantitative estimate of drug-likeness (QED) is 0.824. The van der Waals surface area contributed by atoms with Crippen LogP contribution in [0.15, 0.2) is 27.1 Å². The predicted octanol–water partition coefficient (Wildman–Crippen LogP) is 3.04. The van der Waals surface area contributed by atoms with E-state index >= 15 is 0 Å². The van der Waals surface area contributed by atoms with Crippen LogP contribution in [0.5, 0.6) is 0 Å². The molecule has 0 unspecified atom stereocenters. The molecule has 15 heavy (non-hydrogen) atoms. The van der Waals surface area contributed by atoms with Crippen LogP contribution in [-0.2, 0) is 11.3 Å². The van der Waals surface area contributed by atoms with Crippen LogP contribution in [0.1, 0.15) is 5.56 Å². The van der Waals surface area contributed by atoms with Crippen molar-refractivity contribution in [3.63, 3.8) is 0 Å². The van der Waals surface area contributed by atoms with Crippen molar-refractivity contribution in [2.45, 2.75) is 6.54 Å². The molecule has 1 aromatic rings. The standard InChI is InChI=1S/C11H13Br2NO/c12-10-2-1-3-11(13)9(10)8-14-4-6-15-7-5-14/h1-3H,4-8H2. The van der Waals surface area contributed by atoms with Gasteiger partial charge >= 0.3 is 0 Å². The SMILES string of the molecule is Brc1cccc(Br)c1CN1CCOCC1. The number of halogens is 2. The van der Waals surface area contributed by atoms with Crippen molar-refractivity contribution >= 4 is 31.9 Å². The lowest BCUT2D eigenvalue weighted by Gasteiger charge is -2.27. The Bertz CT molecular complexity index is 317. The summed E-state index contributed by atoms with van der Waals surface area (Å²) in [7, 11) is 0. The Balaban J connectivity index is 2.09. The molecule has 1 fully saturated rings. The molecule has 0 spiro atoms. The second-order valence-electron chi connectivity index (χ2n) is 3.59. The van der Waals surface area contributed by atoms with Gasteiger partial charge in [-0.1, -0.05) is 37.9 Å². The van der Waals surface area contributed by atoms with E-state index in [9.17, 15) is 0 Å². The third-order valence-corrected chi connectivity index (χ3v) is 4.03. The maximum atomic E-state index is 5.33. The van der Waals surface area contributed by atoms with Crippen molar-refractivity contribution in [1.82, 2.24) is 4.90 Å². The number of hydrogen-bond acceptors (Lipinski definition) is 2. The highest BCUT2D eigenvalue weighted by atomic mass is 79.9. The number of nitrogens with zero attached hydrogens (tertiary/aromatic N) is 1. The largest absolute Gasteiger partial charge is 0.379 e. The fourth-order valence-corrected chi connectivity index (χ4v) is 2.92. The van der Waals surface area contributed by atoms with Crippen molar-refractivity contribution in [3.8, 4) is 0 Å². The molecule has 0 N–H and O–H groups in total. The highest BCUT2D eigenvalue weighted by Crippen LogP contribution is 2.26. The van der Waals surface area contributed by atoms with Crippen molar-refractivity contribution in [1.29, 1.82) is 0 Å². The van der Waals surface area contributed by atoms with Gasteiger partial charge in [0.15, 0.2) is 0 Å². The molecular formula is C11H13Br2NO. The van der Waals surface area contributed by atoms with Gasteiger partial charge in [0.05, 0.1) is 13.2 Å². The van der Waals surface area contributed by atoms with Crippen LogP contribution in [0.2, 0.25) is 0 Å². The molecular weight excluding hydrogens is 322 g/mol. The van der Waals surface area contributed by atoms with Gasteiger partial charge in [0, 0.05) is 28.6 Å². The molecule has 4 heteroatoms. The van der Waals surface area contributed by atoms with E-state index in [2.05, 4.69) is 48.9 Å². The average molecular weight is 335 g/mol. The van der Waals surface area contributed by atoms with E-state index in [4.69, 9.17) is 4.74 Å². The minimum atomic E-state index is 0.849. The summed E-state index contributed by atoms with van der Waals surface area (Å²) in [5.41, 5.74) is 1.32. The molecule has 0 amide bonds. The zero-order valence-corrected chi connectivity index (χ0v) is 11.6. The Labute approximate surface area is 107 Å². The van der Waals surface area contributed by atoms with Crippen LogP contribution in [0, 0.1) is 0 Å². The summed E-state index contributed by atoms with van der Waals surface area (Å²) in [6.45, 7) is 4.72. The lowest BCUT2D eigenvalue weighted by molar-refractivity contribution is 0.0340. The van der Waals surface area contributed by atoms with Gasteiger partial charge in [-0.3, -0.25) is 4.90 Å². The monoisotopic (exact) mass is 333 g/mol. The van der Waals surface area contributed by atoms with Crippen LogP contribution in [0.25, 0.3) is 0 Å². The van der Waals surface area contributed by atoms with Crippen molar-refractivity contribution in [3.05, 3.63) is 32.7 Å². The molecule has 1 aromatic carbocycles. The van der Waals surface area contributed by atoms with Crippen LogP contribution in [-0.4, -0.2) is 31.2 Å². The van der Waals surface area contributed by atoms with Gasteiger partial charge in [-0.05, 0) is 17.7 Å². The molecule has 0 saturated carbocycles. The smallest absolute Gasteiger partial charge is 0.0594 e. The van der Waals surface area contributed by atoms with Gasteiger partial charge in [-0.15, -0.1) is 0 Å². The number of morpholine rings is 1. The third-order valence-electron chi connectivity index (χ3n) is 2.55. The first-order valence-corrected chi connectivity index (χ1v) is 6.59. The lowest BCUT2D eigenvalue weighted by Crippen LogP contribution is -2.35. The minimum absolute atomic E-state index is 0.849. The zero-order valence-electron chi connectivity index (χ0n) is 8.38. The Hall–Kier alpha value is 0.1000. The van der Waals surface area contributed by atoms with E-state index in [1.54, 1.807) is 0 Å². The summed E-state index contributed by atoms with van der Waals surface area (Å²) >= 11 is 7.17. The summed E-state index contributed by atoms with van der Waals surface area (Å²) in [4.78, 5) is 2.41. The molecule has 0 aliphatic carbocycles. The van der Waals surface area contributed by atoms with Gasteiger partial charge in [0.2, 0.25) is 0 Å². The Kier molecular flexibility index (Phi) is 4.20. The molecule has 1 heterocycles. The molecule has 0 bridgehead atoms. The van der Waals surface area contributed by atoms with Crippen LogP contribution < -0.4 is 0 Å². The maximum Gasteiger partial charge on any atom is 0.0594 e. The number of rotatable bonds is 2. The highest BCUT2D eigenvalue weighted by Gasteiger charge is 2.13. The first kappa shape index (κ1) is 11.6. The molecule has 2 rings (SSSR count). The van der Waals surface area contributed by atoms with E-state index < -0.39 is 0 Å². The zero-order chi connectivity index (χ0) is 10.7. The summed E-state index contributed by atoms with van der Waals surface area (Å²) in [6, 6.07) is 6.21. The average Bonchev–Trinajstić information content (AvgIpc) is 2.25. The van der Waals surface area contributed by atoms with Gasteiger partial charge in [0.1, 0.15) is 0 Å². The molecule has 0 aromatic heterocycles. The minimum Gasteiger partial charge on any atom is -0.379 e. The maximum absolute atomic E-state index is 5.33. The van der Waals surface area contributed by atoms with Gasteiger partial charge in [-0.25, -0.2) is 0 Å². The fourth-order valence-electron chi connectivity index (χ4n) is 1.67. The summed E-state index contributed by atoms with van der Waals surface area (Å²) in [6.07, 6.45) is 0. The number of benzene rings is 1. The van der Waals surface area contributed by atoms with E-state index in [-0.39, 0.29) is 0 Å². The normalized spacial score (nSPS) is 18.0. The summed E-state index contributed by atoms with van der Waals surface area (Å²) in [5, 5.41) is 0. The molecule has 1 saturated heterocycles. The lowest BCUT2D eigenvalue weighted by atomic mass is 10.2. The number of hydrogen-bond donors (Lipinski definition) is 0. The molecule has 1 aliphatic rings. The van der Waals surface area contributed by atoms with Gasteiger partial charge < -0.3 is 4.74 Å². The molecule has 2 nitrogen and oxygen atoms in total. The van der Waals surface area contributed by atoms with Crippen molar-refractivity contribution in [2.75, 3.05) is 26.3 Å². The van der Waals surface area contributed by atoms with Gasteiger partial charge in [0.25, 0.3) is 0 Å². The van der Waals surface area contributed by atoms with E-state index in [1.807, 2.05) is 6.07 Å². The Morgan fingerprint density at radius 1 is 1.13 bits per heavy atom. The summed E-state index contributed by atoms with van der Waals surface area (Å²) in [5.74, 6) is 0. The van der Waals surface area contributed by atoms with E-state index in [0.29, 0.717) is 0 Å². The van der Waals surface area contributed by atoms with Crippen molar-refractivity contribution in [2.24, 2.45) is 0 Å². The van der Waals surface area contributed by atoms with Crippen molar-refractivity contribution < 1.29 is 4.74 Å². The Morgan fingerprint density at radius 2 is 1.73 bits per heavy atom. The molecule has 1 aliphatic heterocycles. The van der Waals surface area contributed by atoms with Gasteiger partial charge in [-0.2, -0.15) is 0 Å². The van der Waals surface area contributed by atoms with Crippen LogP contribution >= 0.6 is 31.9 Å². The molecule has 0 atom stereocenters. The van der Waals surface area contributed by atoms with Crippen LogP contribution in [0.4, 0.5) is 0 Å². The highest BCUT2D eigenvalue weighted by molar-refractivity contribution is 9.11. The second-order valence-corrected chi connectivity index (χ2v) is 5.30. The summed E-state index contributed by atoms with van der Waals surface area (Å²) < 4.78 is 7.67. The third kappa shape index (κ3) is 3.03. The number of ether oxygens (including phenoxy) is 1.